The van der Waals surface area contributed by atoms with Gasteiger partial charge in [0.25, 0.3) is 0 Å². The standard InChI is InChI=1S/C17H26O2/c1-7-8-15(10-16(18)19-6)17-13(4)11(2)9-12(3)14(17)5/h9,15H,7-8,10H2,1-6H3. The highest BCUT2D eigenvalue weighted by Crippen LogP contribution is 2.33. The molecule has 1 aromatic rings. The first-order chi connectivity index (χ1) is 8.92. The summed E-state index contributed by atoms with van der Waals surface area (Å²) >= 11 is 0. The van der Waals surface area contributed by atoms with Gasteiger partial charge in [-0.05, 0) is 67.9 Å². The van der Waals surface area contributed by atoms with Gasteiger partial charge in [0.15, 0.2) is 0 Å². The van der Waals surface area contributed by atoms with Gasteiger partial charge in [0, 0.05) is 0 Å². The lowest BCUT2D eigenvalue weighted by atomic mass is 9.82. The number of hydrogen-bond acceptors (Lipinski definition) is 2. The van der Waals surface area contributed by atoms with Gasteiger partial charge in [-0.1, -0.05) is 19.4 Å². The Balaban J connectivity index is 3.25. The molecule has 0 radical (unpaired) electrons. The Morgan fingerprint density at radius 2 is 1.68 bits per heavy atom. The Morgan fingerprint density at radius 1 is 1.16 bits per heavy atom. The summed E-state index contributed by atoms with van der Waals surface area (Å²) in [4.78, 5) is 11.6. The van der Waals surface area contributed by atoms with E-state index in [2.05, 4.69) is 40.7 Å². The maximum Gasteiger partial charge on any atom is 0.306 e. The van der Waals surface area contributed by atoms with Crippen LogP contribution in [0.5, 0.6) is 0 Å². The van der Waals surface area contributed by atoms with Crippen molar-refractivity contribution in [1.29, 1.82) is 0 Å². The summed E-state index contributed by atoms with van der Waals surface area (Å²) in [6, 6.07) is 2.23. The molecule has 0 aromatic heterocycles. The molecule has 106 valence electrons. The van der Waals surface area contributed by atoms with Crippen LogP contribution in [0.2, 0.25) is 0 Å². The number of benzene rings is 1. The molecule has 0 fully saturated rings. The lowest BCUT2D eigenvalue weighted by Gasteiger charge is -2.23. The van der Waals surface area contributed by atoms with Crippen molar-refractivity contribution >= 4 is 5.97 Å². The van der Waals surface area contributed by atoms with Crippen LogP contribution in [0, 0.1) is 27.7 Å². The summed E-state index contributed by atoms with van der Waals surface area (Å²) in [6.45, 7) is 10.8. The van der Waals surface area contributed by atoms with Crippen molar-refractivity contribution in [2.75, 3.05) is 7.11 Å². The van der Waals surface area contributed by atoms with Crippen LogP contribution >= 0.6 is 0 Å². The number of rotatable bonds is 5. The van der Waals surface area contributed by atoms with Gasteiger partial charge in [0.05, 0.1) is 13.5 Å². The molecule has 1 atom stereocenters. The van der Waals surface area contributed by atoms with Crippen LogP contribution in [-0.2, 0) is 9.53 Å². The normalized spacial score (nSPS) is 12.3. The van der Waals surface area contributed by atoms with Crippen molar-refractivity contribution in [3.63, 3.8) is 0 Å². The van der Waals surface area contributed by atoms with Crippen LogP contribution in [0.25, 0.3) is 0 Å². The second-order valence-corrected chi connectivity index (χ2v) is 5.44. The summed E-state index contributed by atoms with van der Waals surface area (Å²) in [5, 5.41) is 0. The van der Waals surface area contributed by atoms with E-state index in [0.717, 1.165) is 12.8 Å². The number of hydrogen-bond donors (Lipinski definition) is 0. The van der Waals surface area contributed by atoms with Crippen molar-refractivity contribution in [1.82, 2.24) is 0 Å². The number of aryl methyl sites for hydroxylation is 2. The zero-order chi connectivity index (χ0) is 14.6. The average molecular weight is 262 g/mol. The van der Waals surface area contributed by atoms with E-state index in [0.29, 0.717) is 6.42 Å². The van der Waals surface area contributed by atoms with E-state index >= 15 is 0 Å². The second-order valence-electron chi connectivity index (χ2n) is 5.44. The monoisotopic (exact) mass is 262 g/mol. The first kappa shape index (κ1) is 15.7. The quantitative estimate of drug-likeness (QED) is 0.737. The largest absolute Gasteiger partial charge is 0.469 e. The van der Waals surface area contributed by atoms with E-state index in [4.69, 9.17) is 4.74 Å². The van der Waals surface area contributed by atoms with E-state index in [-0.39, 0.29) is 11.9 Å². The van der Waals surface area contributed by atoms with Crippen LogP contribution < -0.4 is 0 Å². The van der Waals surface area contributed by atoms with Crippen LogP contribution in [-0.4, -0.2) is 13.1 Å². The number of carbonyl (C=O) groups is 1. The minimum Gasteiger partial charge on any atom is -0.469 e. The van der Waals surface area contributed by atoms with Crippen molar-refractivity contribution in [2.24, 2.45) is 0 Å². The third-order valence-corrected chi connectivity index (χ3v) is 4.11. The molecule has 0 aliphatic heterocycles. The van der Waals surface area contributed by atoms with E-state index in [1.54, 1.807) is 0 Å². The molecule has 2 nitrogen and oxygen atoms in total. The fraction of sp³-hybridized carbons (Fsp3) is 0.588. The summed E-state index contributed by atoms with van der Waals surface area (Å²) in [7, 11) is 1.46. The van der Waals surface area contributed by atoms with Gasteiger partial charge in [0.1, 0.15) is 0 Å². The Bertz CT molecular complexity index is 435. The van der Waals surface area contributed by atoms with Gasteiger partial charge >= 0.3 is 5.97 Å². The maximum absolute atomic E-state index is 11.6. The molecule has 1 unspecified atom stereocenters. The fourth-order valence-corrected chi connectivity index (χ4v) is 2.84. The van der Waals surface area contributed by atoms with Crippen LogP contribution in [0.3, 0.4) is 0 Å². The Morgan fingerprint density at radius 3 is 2.11 bits per heavy atom. The molecular formula is C17H26O2. The predicted molar refractivity (Wildman–Crippen MR) is 79.7 cm³/mol. The first-order valence-electron chi connectivity index (χ1n) is 7.06. The summed E-state index contributed by atoms with van der Waals surface area (Å²) in [5.74, 6) is 0.160. The Hall–Kier alpha value is -1.31. The molecule has 0 spiro atoms. The highest BCUT2D eigenvalue weighted by Gasteiger charge is 2.21. The zero-order valence-electron chi connectivity index (χ0n) is 13.1. The number of carbonyl (C=O) groups excluding carboxylic acids is 1. The van der Waals surface area contributed by atoms with Crippen molar-refractivity contribution in [3.8, 4) is 0 Å². The van der Waals surface area contributed by atoms with Gasteiger partial charge < -0.3 is 4.74 Å². The van der Waals surface area contributed by atoms with Gasteiger partial charge in [-0.15, -0.1) is 0 Å². The molecule has 2 heteroatoms. The molecule has 0 aliphatic carbocycles. The molecule has 0 saturated carbocycles. The lowest BCUT2D eigenvalue weighted by Crippen LogP contribution is -2.12. The molecule has 0 N–H and O–H groups in total. The zero-order valence-corrected chi connectivity index (χ0v) is 13.1. The molecule has 1 rings (SSSR count). The molecule has 0 amide bonds. The summed E-state index contributed by atoms with van der Waals surface area (Å²) < 4.78 is 4.85. The van der Waals surface area contributed by atoms with Gasteiger partial charge in [-0.3, -0.25) is 4.79 Å². The minimum atomic E-state index is -0.114. The molecule has 19 heavy (non-hydrogen) atoms. The Labute approximate surface area is 117 Å². The van der Waals surface area contributed by atoms with E-state index in [1.807, 2.05) is 0 Å². The third kappa shape index (κ3) is 3.59. The van der Waals surface area contributed by atoms with Crippen LogP contribution in [0.15, 0.2) is 6.07 Å². The summed E-state index contributed by atoms with van der Waals surface area (Å²) in [5.41, 5.74) is 6.62. The highest BCUT2D eigenvalue weighted by molar-refractivity contribution is 5.70. The molecule has 1 aromatic carbocycles. The smallest absolute Gasteiger partial charge is 0.306 e. The minimum absolute atomic E-state index is 0.114. The number of methoxy groups -OCH3 is 1. The Kier molecular flexibility index (Phi) is 5.59. The lowest BCUT2D eigenvalue weighted by molar-refractivity contribution is -0.141. The van der Waals surface area contributed by atoms with Crippen molar-refractivity contribution in [3.05, 3.63) is 33.9 Å². The fourth-order valence-electron chi connectivity index (χ4n) is 2.84. The topological polar surface area (TPSA) is 26.3 Å². The first-order valence-corrected chi connectivity index (χ1v) is 7.06. The van der Waals surface area contributed by atoms with E-state index in [1.165, 1.54) is 34.9 Å². The van der Waals surface area contributed by atoms with E-state index < -0.39 is 0 Å². The molecule has 0 bridgehead atoms. The molecule has 0 aliphatic rings. The van der Waals surface area contributed by atoms with Gasteiger partial charge in [0.2, 0.25) is 0 Å². The van der Waals surface area contributed by atoms with Crippen LogP contribution in [0.1, 0.15) is 59.9 Å². The second kappa shape index (κ2) is 6.74. The maximum atomic E-state index is 11.6. The van der Waals surface area contributed by atoms with Gasteiger partial charge in [-0.25, -0.2) is 0 Å². The van der Waals surface area contributed by atoms with E-state index in [9.17, 15) is 4.79 Å². The number of esters is 1. The average Bonchev–Trinajstić information content (AvgIpc) is 2.36. The summed E-state index contributed by atoms with van der Waals surface area (Å²) in [6.07, 6.45) is 2.59. The molecule has 0 saturated heterocycles. The molecule has 0 heterocycles. The predicted octanol–water partition coefficient (Wildman–Crippen LogP) is 4.37. The highest BCUT2D eigenvalue weighted by atomic mass is 16.5. The SMILES string of the molecule is CCCC(CC(=O)OC)c1c(C)c(C)cc(C)c1C. The molecular weight excluding hydrogens is 236 g/mol. The number of ether oxygens (including phenoxy) is 1. The third-order valence-electron chi connectivity index (χ3n) is 4.11. The van der Waals surface area contributed by atoms with Crippen molar-refractivity contribution in [2.45, 2.75) is 59.8 Å². The van der Waals surface area contributed by atoms with Gasteiger partial charge in [-0.2, -0.15) is 0 Å². The van der Waals surface area contributed by atoms with Crippen molar-refractivity contribution < 1.29 is 9.53 Å². The van der Waals surface area contributed by atoms with Crippen LogP contribution in [0.4, 0.5) is 0 Å².